The fourth-order valence-electron chi connectivity index (χ4n) is 0.551. The summed E-state index contributed by atoms with van der Waals surface area (Å²) in [6, 6.07) is 0. The van der Waals surface area contributed by atoms with E-state index in [0.717, 1.165) is 6.26 Å². The molecule has 0 aliphatic rings. The van der Waals surface area contributed by atoms with Crippen LogP contribution in [0.1, 0.15) is 13.8 Å². The number of esters is 1. The predicted octanol–water partition coefficient (Wildman–Crippen LogP) is 0.669. The van der Waals surface area contributed by atoms with E-state index in [2.05, 4.69) is 4.74 Å². The van der Waals surface area contributed by atoms with Crippen LogP contribution in [0.15, 0.2) is 11.8 Å². The van der Waals surface area contributed by atoms with Crippen LogP contribution < -0.4 is 0 Å². The van der Waals surface area contributed by atoms with Crippen molar-refractivity contribution in [3.8, 4) is 0 Å². The van der Waals surface area contributed by atoms with Crippen LogP contribution in [0.3, 0.4) is 0 Å². The van der Waals surface area contributed by atoms with Crippen LogP contribution in [0.25, 0.3) is 0 Å². The van der Waals surface area contributed by atoms with Crippen molar-refractivity contribution in [1.29, 1.82) is 0 Å². The Kier molecular flexibility index (Phi) is 4.76. The molecule has 0 aromatic heterocycles. The van der Waals surface area contributed by atoms with Crippen molar-refractivity contribution in [3.63, 3.8) is 0 Å². The Hall–Kier alpha value is -1.32. The van der Waals surface area contributed by atoms with Crippen LogP contribution in [0.4, 0.5) is 0 Å². The molecular formula is C8H12O4. The molecule has 0 aromatic carbocycles. The maximum Gasteiger partial charge on any atom is 0.344 e. The molecule has 0 amide bonds. The van der Waals surface area contributed by atoms with Crippen molar-refractivity contribution in [2.24, 2.45) is 0 Å². The van der Waals surface area contributed by atoms with E-state index in [4.69, 9.17) is 4.74 Å². The number of hydrogen-bond donors (Lipinski definition) is 0. The number of carbonyl (C=O) groups is 2. The molecule has 0 unspecified atom stereocenters. The van der Waals surface area contributed by atoms with Crippen molar-refractivity contribution in [1.82, 2.24) is 0 Å². The minimum absolute atomic E-state index is 0.0700. The standard InChI is InChI=1S/C8H12O4/c1-4-12-5-7(6(2)9)8(10)11-3/h5H,4H2,1-3H3. The summed E-state index contributed by atoms with van der Waals surface area (Å²) in [5.41, 5.74) is -0.0700. The second kappa shape index (κ2) is 5.35. The van der Waals surface area contributed by atoms with Gasteiger partial charge in [-0.05, 0) is 13.8 Å². The monoisotopic (exact) mass is 172 g/mol. The highest BCUT2D eigenvalue weighted by atomic mass is 16.5. The molecule has 0 N–H and O–H groups in total. The maximum absolute atomic E-state index is 10.9. The molecule has 0 atom stereocenters. The largest absolute Gasteiger partial charge is 0.500 e. The molecule has 0 fully saturated rings. The van der Waals surface area contributed by atoms with Gasteiger partial charge < -0.3 is 9.47 Å². The zero-order valence-electron chi connectivity index (χ0n) is 7.42. The van der Waals surface area contributed by atoms with Crippen molar-refractivity contribution in [2.75, 3.05) is 13.7 Å². The summed E-state index contributed by atoms with van der Waals surface area (Å²) in [6.45, 7) is 3.45. The summed E-state index contributed by atoms with van der Waals surface area (Å²) in [4.78, 5) is 21.7. The Morgan fingerprint density at radius 1 is 1.42 bits per heavy atom. The molecule has 0 saturated carbocycles. The molecule has 0 rings (SSSR count). The first-order valence-corrected chi connectivity index (χ1v) is 3.54. The van der Waals surface area contributed by atoms with Crippen LogP contribution in [0, 0.1) is 0 Å². The van der Waals surface area contributed by atoms with Crippen molar-refractivity contribution >= 4 is 11.8 Å². The molecule has 0 aliphatic carbocycles. The van der Waals surface area contributed by atoms with E-state index in [1.807, 2.05) is 0 Å². The Labute approximate surface area is 71.2 Å². The van der Waals surface area contributed by atoms with Gasteiger partial charge in [0.25, 0.3) is 0 Å². The fraction of sp³-hybridized carbons (Fsp3) is 0.500. The number of methoxy groups -OCH3 is 1. The summed E-state index contributed by atoms with van der Waals surface area (Å²) in [5, 5.41) is 0. The van der Waals surface area contributed by atoms with Gasteiger partial charge in [-0.1, -0.05) is 0 Å². The quantitative estimate of drug-likeness (QED) is 0.205. The summed E-state index contributed by atoms with van der Waals surface area (Å²) in [5.74, 6) is -1.04. The van der Waals surface area contributed by atoms with Gasteiger partial charge in [-0.2, -0.15) is 0 Å². The molecule has 0 bridgehead atoms. The molecule has 0 saturated heterocycles. The van der Waals surface area contributed by atoms with E-state index in [-0.39, 0.29) is 11.4 Å². The van der Waals surface area contributed by atoms with E-state index in [1.54, 1.807) is 6.92 Å². The zero-order valence-corrected chi connectivity index (χ0v) is 7.42. The lowest BCUT2D eigenvalue weighted by atomic mass is 10.2. The predicted molar refractivity (Wildman–Crippen MR) is 42.4 cm³/mol. The number of rotatable bonds is 4. The average Bonchev–Trinajstić information content (AvgIpc) is 2.04. The normalized spacial score (nSPS) is 10.8. The van der Waals surface area contributed by atoms with E-state index in [9.17, 15) is 9.59 Å². The summed E-state index contributed by atoms with van der Waals surface area (Å²) < 4.78 is 9.16. The van der Waals surface area contributed by atoms with Gasteiger partial charge in [-0.3, -0.25) is 4.79 Å². The molecule has 0 radical (unpaired) electrons. The van der Waals surface area contributed by atoms with Crippen LogP contribution in [-0.4, -0.2) is 25.5 Å². The number of hydrogen-bond acceptors (Lipinski definition) is 4. The third-order valence-electron chi connectivity index (χ3n) is 1.15. The van der Waals surface area contributed by atoms with E-state index >= 15 is 0 Å². The van der Waals surface area contributed by atoms with Gasteiger partial charge in [0.15, 0.2) is 5.78 Å². The third kappa shape index (κ3) is 3.18. The minimum atomic E-state index is -0.670. The Morgan fingerprint density at radius 3 is 2.33 bits per heavy atom. The topological polar surface area (TPSA) is 52.6 Å². The number of carbonyl (C=O) groups excluding carboxylic acids is 2. The molecule has 4 nitrogen and oxygen atoms in total. The van der Waals surface area contributed by atoms with Gasteiger partial charge in [0.05, 0.1) is 13.7 Å². The highest BCUT2D eigenvalue weighted by Crippen LogP contribution is 1.99. The van der Waals surface area contributed by atoms with Gasteiger partial charge in [-0.15, -0.1) is 0 Å². The number of ether oxygens (including phenoxy) is 2. The molecule has 0 spiro atoms. The Bertz CT molecular complexity index is 205. The van der Waals surface area contributed by atoms with Crippen molar-refractivity contribution in [2.45, 2.75) is 13.8 Å². The summed E-state index contributed by atoms with van der Waals surface area (Å²) in [6.07, 6.45) is 1.12. The SMILES string of the molecule is CCOC=C(C(C)=O)C(=O)OC. The summed E-state index contributed by atoms with van der Waals surface area (Å²) in [7, 11) is 1.21. The maximum atomic E-state index is 10.9. The van der Waals surface area contributed by atoms with Crippen molar-refractivity contribution < 1.29 is 19.1 Å². The first kappa shape index (κ1) is 10.7. The second-order valence-corrected chi connectivity index (χ2v) is 2.03. The van der Waals surface area contributed by atoms with Crippen LogP contribution in [0.5, 0.6) is 0 Å². The first-order valence-electron chi connectivity index (χ1n) is 3.54. The average molecular weight is 172 g/mol. The van der Waals surface area contributed by atoms with Gasteiger partial charge >= 0.3 is 5.97 Å². The van der Waals surface area contributed by atoms with Gasteiger partial charge in [-0.25, -0.2) is 4.79 Å². The van der Waals surface area contributed by atoms with Crippen LogP contribution >= 0.6 is 0 Å². The summed E-state index contributed by atoms with van der Waals surface area (Å²) >= 11 is 0. The fourth-order valence-corrected chi connectivity index (χ4v) is 0.551. The molecule has 0 aliphatic heterocycles. The second-order valence-electron chi connectivity index (χ2n) is 2.03. The van der Waals surface area contributed by atoms with Crippen LogP contribution in [0.2, 0.25) is 0 Å². The number of ketones is 1. The molecule has 12 heavy (non-hydrogen) atoms. The van der Waals surface area contributed by atoms with Gasteiger partial charge in [0.1, 0.15) is 11.8 Å². The van der Waals surface area contributed by atoms with Gasteiger partial charge in [0, 0.05) is 0 Å². The van der Waals surface area contributed by atoms with E-state index < -0.39 is 5.97 Å². The Balaban J connectivity index is 4.43. The van der Waals surface area contributed by atoms with E-state index in [1.165, 1.54) is 14.0 Å². The lowest BCUT2D eigenvalue weighted by Crippen LogP contribution is -2.12. The molecule has 4 heteroatoms. The zero-order chi connectivity index (χ0) is 9.56. The highest BCUT2D eigenvalue weighted by Gasteiger charge is 2.14. The lowest BCUT2D eigenvalue weighted by Gasteiger charge is -2.00. The molecule has 0 heterocycles. The minimum Gasteiger partial charge on any atom is -0.500 e. The van der Waals surface area contributed by atoms with E-state index in [0.29, 0.717) is 6.61 Å². The third-order valence-corrected chi connectivity index (χ3v) is 1.15. The van der Waals surface area contributed by atoms with Gasteiger partial charge in [0.2, 0.25) is 0 Å². The molecule has 0 aromatic rings. The Morgan fingerprint density at radius 2 is 2.00 bits per heavy atom. The highest BCUT2D eigenvalue weighted by molar-refractivity contribution is 6.16. The molecular weight excluding hydrogens is 160 g/mol. The smallest absolute Gasteiger partial charge is 0.344 e. The first-order chi connectivity index (χ1) is 5.63. The molecule has 68 valence electrons. The van der Waals surface area contributed by atoms with Crippen LogP contribution in [-0.2, 0) is 19.1 Å². The number of Topliss-reactive ketones (excluding diaryl/α,β-unsaturated/α-hetero) is 1. The lowest BCUT2D eigenvalue weighted by molar-refractivity contribution is -0.137. The van der Waals surface area contributed by atoms with Crippen molar-refractivity contribution in [3.05, 3.63) is 11.8 Å².